The zero-order valence-corrected chi connectivity index (χ0v) is 13.1. The van der Waals surface area contributed by atoms with E-state index in [1.807, 2.05) is 6.07 Å². The summed E-state index contributed by atoms with van der Waals surface area (Å²) in [6, 6.07) is 6.51. The lowest BCUT2D eigenvalue weighted by Gasteiger charge is -2.25. The summed E-state index contributed by atoms with van der Waals surface area (Å²) in [6.07, 6.45) is 6.15. The van der Waals surface area contributed by atoms with E-state index in [0.717, 1.165) is 29.7 Å². The minimum atomic E-state index is 0.231. The molecule has 2 aliphatic rings. The van der Waals surface area contributed by atoms with Crippen molar-refractivity contribution in [3.8, 4) is 0 Å². The van der Waals surface area contributed by atoms with E-state index in [0.29, 0.717) is 0 Å². The summed E-state index contributed by atoms with van der Waals surface area (Å²) < 4.78 is 0. The molecule has 1 aromatic carbocycles. The van der Waals surface area contributed by atoms with Crippen LogP contribution in [0.1, 0.15) is 38.2 Å². The van der Waals surface area contributed by atoms with Gasteiger partial charge in [-0.2, -0.15) is 0 Å². The van der Waals surface area contributed by atoms with Gasteiger partial charge < -0.3 is 10.6 Å². The van der Waals surface area contributed by atoms with Crippen LogP contribution in [0.15, 0.2) is 18.2 Å². The highest BCUT2D eigenvalue weighted by Gasteiger charge is 2.37. The van der Waals surface area contributed by atoms with Gasteiger partial charge in [0.1, 0.15) is 0 Å². The number of hydrogen-bond acceptors (Lipinski definition) is 2. The highest BCUT2D eigenvalue weighted by molar-refractivity contribution is 6.33. The van der Waals surface area contributed by atoms with Crippen LogP contribution in [-0.2, 0) is 6.42 Å². The number of anilines is 1. The van der Waals surface area contributed by atoms with Crippen LogP contribution in [0, 0.1) is 11.8 Å². The number of hydrogen-bond donors (Lipinski definition) is 1. The first-order valence-corrected chi connectivity index (χ1v) is 8.34. The van der Waals surface area contributed by atoms with Crippen molar-refractivity contribution in [2.24, 2.45) is 17.6 Å². The van der Waals surface area contributed by atoms with Crippen molar-refractivity contribution in [2.75, 3.05) is 18.0 Å². The zero-order valence-electron chi connectivity index (χ0n) is 12.3. The highest BCUT2D eigenvalue weighted by atomic mass is 35.5. The lowest BCUT2D eigenvalue weighted by atomic mass is 10.0. The fourth-order valence-corrected chi connectivity index (χ4v) is 4.24. The van der Waals surface area contributed by atoms with Crippen LogP contribution in [0.5, 0.6) is 0 Å². The molecule has 3 unspecified atom stereocenters. The molecule has 1 aliphatic carbocycles. The average molecular weight is 293 g/mol. The van der Waals surface area contributed by atoms with Gasteiger partial charge in [-0.05, 0) is 49.1 Å². The maximum atomic E-state index is 6.51. The molecule has 0 aromatic heterocycles. The smallest absolute Gasteiger partial charge is 0.0642 e. The summed E-state index contributed by atoms with van der Waals surface area (Å²) in [5, 5.41) is 0.894. The van der Waals surface area contributed by atoms with Gasteiger partial charge in [0.25, 0.3) is 0 Å². The van der Waals surface area contributed by atoms with Crippen molar-refractivity contribution in [2.45, 2.75) is 45.1 Å². The van der Waals surface area contributed by atoms with Crippen molar-refractivity contribution in [1.29, 1.82) is 0 Å². The molecule has 3 heteroatoms. The van der Waals surface area contributed by atoms with Gasteiger partial charge in [0.2, 0.25) is 0 Å². The van der Waals surface area contributed by atoms with Crippen LogP contribution in [0.2, 0.25) is 5.02 Å². The van der Waals surface area contributed by atoms with Crippen molar-refractivity contribution >= 4 is 17.3 Å². The van der Waals surface area contributed by atoms with Crippen molar-refractivity contribution < 1.29 is 0 Å². The Kier molecular flexibility index (Phi) is 4.23. The van der Waals surface area contributed by atoms with Gasteiger partial charge in [-0.1, -0.05) is 37.1 Å². The zero-order chi connectivity index (χ0) is 14.1. The predicted octanol–water partition coefficient (Wildman–Crippen LogP) is 3.86. The van der Waals surface area contributed by atoms with Crippen LogP contribution < -0.4 is 10.6 Å². The summed E-state index contributed by atoms with van der Waals surface area (Å²) in [4.78, 5) is 2.52. The number of halogens is 1. The lowest BCUT2D eigenvalue weighted by Crippen LogP contribution is -2.26. The van der Waals surface area contributed by atoms with E-state index in [1.165, 1.54) is 43.6 Å². The Labute approximate surface area is 127 Å². The topological polar surface area (TPSA) is 29.3 Å². The Morgan fingerprint density at radius 3 is 2.65 bits per heavy atom. The van der Waals surface area contributed by atoms with Crippen molar-refractivity contribution in [3.05, 3.63) is 28.8 Å². The highest BCUT2D eigenvalue weighted by Crippen LogP contribution is 2.42. The van der Waals surface area contributed by atoms with Gasteiger partial charge in [-0.15, -0.1) is 0 Å². The van der Waals surface area contributed by atoms with E-state index >= 15 is 0 Å². The maximum absolute atomic E-state index is 6.51. The average Bonchev–Trinajstić information content (AvgIpc) is 2.99. The minimum absolute atomic E-state index is 0.231. The van der Waals surface area contributed by atoms with Crippen molar-refractivity contribution in [1.82, 2.24) is 0 Å². The SMILES string of the molecule is CCC(N)Cc1cccc(Cl)c1N1CC2CCCC2C1. The number of fused-ring (bicyclic) bond motifs is 1. The van der Waals surface area contributed by atoms with Gasteiger partial charge >= 0.3 is 0 Å². The monoisotopic (exact) mass is 292 g/mol. The van der Waals surface area contributed by atoms with E-state index in [4.69, 9.17) is 17.3 Å². The largest absolute Gasteiger partial charge is 0.370 e. The normalized spacial score (nSPS) is 26.9. The van der Waals surface area contributed by atoms with E-state index in [1.54, 1.807) is 0 Å². The summed E-state index contributed by atoms with van der Waals surface area (Å²) in [5.74, 6) is 1.78. The second kappa shape index (κ2) is 5.95. The first-order valence-electron chi connectivity index (χ1n) is 7.97. The van der Waals surface area contributed by atoms with Gasteiger partial charge in [0.15, 0.2) is 0 Å². The molecule has 1 heterocycles. The molecular formula is C17H25ClN2. The van der Waals surface area contributed by atoms with Crippen LogP contribution in [0.3, 0.4) is 0 Å². The molecule has 2 nitrogen and oxygen atoms in total. The Balaban J connectivity index is 1.84. The van der Waals surface area contributed by atoms with Crippen LogP contribution in [-0.4, -0.2) is 19.1 Å². The first-order chi connectivity index (χ1) is 9.69. The Morgan fingerprint density at radius 1 is 1.30 bits per heavy atom. The molecule has 0 bridgehead atoms. The summed E-state index contributed by atoms with van der Waals surface area (Å²) in [7, 11) is 0. The predicted molar refractivity (Wildman–Crippen MR) is 86.5 cm³/mol. The molecule has 1 aliphatic heterocycles. The third-order valence-corrected chi connectivity index (χ3v) is 5.42. The Morgan fingerprint density at radius 2 is 2.00 bits per heavy atom. The summed E-state index contributed by atoms with van der Waals surface area (Å²) in [6.45, 7) is 4.51. The molecule has 1 saturated heterocycles. The number of nitrogens with two attached hydrogens (primary N) is 1. The minimum Gasteiger partial charge on any atom is -0.370 e. The Hall–Kier alpha value is -0.730. The number of para-hydroxylation sites is 1. The molecule has 0 amide bonds. The fraction of sp³-hybridized carbons (Fsp3) is 0.647. The molecule has 110 valence electrons. The second-order valence-corrected chi connectivity index (χ2v) is 6.88. The molecule has 3 rings (SSSR count). The third-order valence-electron chi connectivity index (χ3n) is 5.12. The van der Waals surface area contributed by atoms with Gasteiger partial charge in [0, 0.05) is 19.1 Å². The number of benzene rings is 1. The van der Waals surface area contributed by atoms with Crippen LogP contribution in [0.4, 0.5) is 5.69 Å². The molecule has 2 fully saturated rings. The van der Waals surface area contributed by atoms with Crippen molar-refractivity contribution in [3.63, 3.8) is 0 Å². The number of nitrogens with zero attached hydrogens (tertiary/aromatic N) is 1. The molecule has 20 heavy (non-hydrogen) atoms. The first kappa shape index (κ1) is 14.2. The Bertz CT molecular complexity index is 462. The molecule has 2 N–H and O–H groups in total. The van der Waals surface area contributed by atoms with E-state index in [9.17, 15) is 0 Å². The lowest BCUT2D eigenvalue weighted by molar-refractivity contribution is 0.494. The van der Waals surface area contributed by atoms with Crippen LogP contribution in [0.25, 0.3) is 0 Å². The molecule has 0 radical (unpaired) electrons. The van der Waals surface area contributed by atoms with E-state index < -0.39 is 0 Å². The van der Waals surface area contributed by atoms with E-state index in [2.05, 4.69) is 24.0 Å². The summed E-state index contributed by atoms with van der Waals surface area (Å²) in [5.41, 5.74) is 8.74. The summed E-state index contributed by atoms with van der Waals surface area (Å²) >= 11 is 6.51. The van der Waals surface area contributed by atoms with Gasteiger partial charge in [0.05, 0.1) is 10.7 Å². The molecular weight excluding hydrogens is 268 g/mol. The van der Waals surface area contributed by atoms with E-state index in [-0.39, 0.29) is 6.04 Å². The number of rotatable bonds is 4. The maximum Gasteiger partial charge on any atom is 0.0642 e. The standard InChI is InChI=1S/C17H25ClN2/c1-2-15(19)9-12-5-4-8-16(18)17(12)20-10-13-6-3-7-14(13)11-20/h4-5,8,13-15H,2-3,6-7,9-11,19H2,1H3. The molecule has 3 atom stereocenters. The molecule has 1 aromatic rings. The second-order valence-electron chi connectivity index (χ2n) is 6.48. The molecule has 0 spiro atoms. The van der Waals surface area contributed by atoms with Crippen LogP contribution >= 0.6 is 11.6 Å². The quantitative estimate of drug-likeness (QED) is 0.913. The fourth-order valence-electron chi connectivity index (χ4n) is 3.92. The molecule has 1 saturated carbocycles. The van der Waals surface area contributed by atoms with Gasteiger partial charge in [-0.25, -0.2) is 0 Å². The van der Waals surface area contributed by atoms with Gasteiger partial charge in [-0.3, -0.25) is 0 Å². The third kappa shape index (κ3) is 2.68.